The molecule has 1 amide bonds. The zero-order chi connectivity index (χ0) is 8.81. The van der Waals surface area contributed by atoms with Crippen LogP contribution >= 0.6 is 0 Å². The molecule has 0 saturated carbocycles. The van der Waals surface area contributed by atoms with Crippen molar-refractivity contribution in [3.05, 3.63) is 40.8 Å². The van der Waals surface area contributed by atoms with Gasteiger partial charge >= 0.3 is 6.09 Å². The molecule has 0 aromatic heterocycles. The molecule has 4 nitrogen and oxygen atoms in total. The van der Waals surface area contributed by atoms with Gasteiger partial charge in [0, 0.05) is 0 Å². The fourth-order valence-corrected chi connectivity index (χ4v) is 0.746. The van der Waals surface area contributed by atoms with Gasteiger partial charge in [0.05, 0.1) is 5.18 Å². The standard InChI is InChI=1S/C8H7NO3/c10-8(9-11)12-6-7-4-2-1-3-5-7/h1-5H,6H2. The maximum absolute atomic E-state index is 10.3. The smallest absolute Gasteiger partial charge is 0.441 e. The molecule has 0 bridgehead atoms. The number of nitroso groups, excluding NO2 is 1. The van der Waals surface area contributed by atoms with Crippen LogP contribution in [0.3, 0.4) is 0 Å². The number of carbonyl (C=O) groups is 1. The molecule has 0 radical (unpaired) electrons. The van der Waals surface area contributed by atoms with Gasteiger partial charge in [0.1, 0.15) is 6.61 Å². The van der Waals surface area contributed by atoms with Crippen molar-refractivity contribution in [2.24, 2.45) is 5.18 Å². The summed E-state index contributed by atoms with van der Waals surface area (Å²) in [6.07, 6.45) is -1.08. The van der Waals surface area contributed by atoms with E-state index in [1.54, 1.807) is 12.1 Å². The van der Waals surface area contributed by atoms with Gasteiger partial charge in [-0.05, 0) is 5.56 Å². The summed E-state index contributed by atoms with van der Waals surface area (Å²) in [5, 5.41) is 2.09. The normalized spacial score (nSPS) is 9.00. The number of ether oxygens (including phenoxy) is 1. The summed E-state index contributed by atoms with van der Waals surface area (Å²) in [5.41, 5.74) is 0.828. The monoisotopic (exact) mass is 165 g/mol. The van der Waals surface area contributed by atoms with E-state index >= 15 is 0 Å². The predicted octanol–water partition coefficient (Wildman–Crippen LogP) is 2.09. The quantitative estimate of drug-likeness (QED) is 0.630. The van der Waals surface area contributed by atoms with Crippen LogP contribution in [-0.2, 0) is 11.3 Å². The van der Waals surface area contributed by atoms with Crippen LogP contribution in [0.5, 0.6) is 0 Å². The second-order valence-corrected chi connectivity index (χ2v) is 2.13. The molecule has 0 atom stereocenters. The van der Waals surface area contributed by atoms with Gasteiger partial charge in [-0.1, -0.05) is 30.3 Å². The van der Waals surface area contributed by atoms with Crippen LogP contribution in [0.15, 0.2) is 35.5 Å². The third kappa shape index (κ3) is 2.49. The minimum atomic E-state index is -1.08. The highest BCUT2D eigenvalue weighted by molar-refractivity contribution is 5.67. The number of carbonyl (C=O) groups excluding carboxylic acids is 1. The van der Waals surface area contributed by atoms with E-state index in [1.807, 2.05) is 18.2 Å². The number of rotatable bonds is 2. The molecule has 12 heavy (non-hydrogen) atoms. The van der Waals surface area contributed by atoms with E-state index in [1.165, 1.54) is 0 Å². The average Bonchev–Trinajstić information content (AvgIpc) is 2.16. The van der Waals surface area contributed by atoms with Crippen LogP contribution in [0.25, 0.3) is 0 Å². The molecule has 0 saturated heterocycles. The molecule has 0 spiro atoms. The second-order valence-electron chi connectivity index (χ2n) is 2.13. The minimum Gasteiger partial charge on any atom is -0.441 e. The Morgan fingerprint density at radius 1 is 1.33 bits per heavy atom. The van der Waals surface area contributed by atoms with Gasteiger partial charge in [0.15, 0.2) is 0 Å². The van der Waals surface area contributed by atoms with E-state index in [4.69, 9.17) is 0 Å². The van der Waals surface area contributed by atoms with Crippen molar-refractivity contribution in [1.82, 2.24) is 0 Å². The molecule has 62 valence electrons. The van der Waals surface area contributed by atoms with Crippen molar-refractivity contribution in [3.63, 3.8) is 0 Å². The Bertz CT molecular complexity index is 271. The van der Waals surface area contributed by atoms with Crippen LogP contribution in [0.2, 0.25) is 0 Å². The Labute approximate surface area is 69.1 Å². The van der Waals surface area contributed by atoms with Crippen molar-refractivity contribution in [1.29, 1.82) is 0 Å². The molecule has 0 fully saturated rings. The van der Waals surface area contributed by atoms with Crippen LogP contribution < -0.4 is 0 Å². The summed E-state index contributed by atoms with van der Waals surface area (Å²) in [5.74, 6) is 0. The molecule has 1 aromatic carbocycles. The number of benzene rings is 1. The minimum absolute atomic E-state index is 0.0887. The van der Waals surface area contributed by atoms with E-state index in [0.717, 1.165) is 5.56 Å². The molecular weight excluding hydrogens is 158 g/mol. The summed E-state index contributed by atoms with van der Waals surface area (Å²) in [6, 6.07) is 9.06. The van der Waals surface area contributed by atoms with E-state index in [9.17, 15) is 9.70 Å². The van der Waals surface area contributed by atoms with E-state index < -0.39 is 6.09 Å². The van der Waals surface area contributed by atoms with Crippen molar-refractivity contribution >= 4 is 6.09 Å². The van der Waals surface area contributed by atoms with Crippen LogP contribution in [-0.4, -0.2) is 6.09 Å². The van der Waals surface area contributed by atoms with Crippen LogP contribution in [0, 0.1) is 4.91 Å². The second kappa shape index (κ2) is 4.23. The predicted molar refractivity (Wildman–Crippen MR) is 42.4 cm³/mol. The van der Waals surface area contributed by atoms with E-state index in [2.05, 4.69) is 9.91 Å². The lowest BCUT2D eigenvalue weighted by Gasteiger charge is -1.98. The van der Waals surface area contributed by atoms with E-state index in [-0.39, 0.29) is 6.61 Å². The van der Waals surface area contributed by atoms with Gasteiger partial charge in [0.25, 0.3) is 0 Å². The van der Waals surface area contributed by atoms with Gasteiger partial charge in [-0.15, -0.1) is 4.91 Å². The maximum atomic E-state index is 10.3. The lowest BCUT2D eigenvalue weighted by molar-refractivity contribution is 0.150. The van der Waals surface area contributed by atoms with Crippen molar-refractivity contribution in [2.75, 3.05) is 0 Å². The Morgan fingerprint density at radius 2 is 2.00 bits per heavy atom. The molecule has 0 heterocycles. The molecule has 4 heteroatoms. The number of amides is 1. The Morgan fingerprint density at radius 3 is 2.58 bits per heavy atom. The Balaban J connectivity index is 2.43. The summed E-state index contributed by atoms with van der Waals surface area (Å²) in [4.78, 5) is 19.9. The topological polar surface area (TPSA) is 55.7 Å². The average molecular weight is 165 g/mol. The third-order valence-electron chi connectivity index (χ3n) is 1.28. The molecule has 0 aliphatic heterocycles. The summed E-state index contributed by atoms with van der Waals surface area (Å²) >= 11 is 0. The van der Waals surface area contributed by atoms with Gasteiger partial charge < -0.3 is 4.74 Å². The maximum Gasteiger partial charge on any atom is 0.470 e. The molecule has 0 N–H and O–H groups in total. The molecule has 0 aliphatic carbocycles. The number of hydrogen-bond donors (Lipinski definition) is 0. The van der Waals surface area contributed by atoms with Crippen LogP contribution in [0.1, 0.15) is 5.56 Å². The molecule has 1 aromatic rings. The molecule has 0 unspecified atom stereocenters. The Hall–Kier alpha value is -1.71. The number of hydrogen-bond acceptors (Lipinski definition) is 3. The van der Waals surface area contributed by atoms with Gasteiger partial charge in [-0.25, -0.2) is 4.79 Å². The first kappa shape index (κ1) is 8.39. The van der Waals surface area contributed by atoms with Crippen molar-refractivity contribution in [3.8, 4) is 0 Å². The summed E-state index contributed by atoms with van der Waals surface area (Å²) in [7, 11) is 0. The van der Waals surface area contributed by atoms with Gasteiger partial charge in [0.2, 0.25) is 0 Å². The number of nitrogens with zero attached hydrogens (tertiary/aromatic N) is 1. The lowest BCUT2D eigenvalue weighted by Crippen LogP contribution is -1.97. The zero-order valence-corrected chi connectivity index (χ0v) is 6.27. The highest BCUT2D eigenvalue weighted by atomic mass is 16.6. The van der Waals surface area contributed by atoms with E-state index in [0.29, 0.717) is 0 Å². The summed E-state index contributed by atoms with van der Waals surface area (Å²) in [6.45, 7) is 0.0887. The molecule has 0 aliphatic rings. The fourth-order valence-electron chi connectivity index (χ4n) is 0.746. The first-order valence-electron chi connectivity index (χ1n) is 3.37. The fraction of sp³-hybridized carbons (Fsp3) is 0.125. The first-order chi connectivity index (χ1) is 5.83. The Kier molecular flexibility index (Phi) is 2.95. The van der Waals surface area contributed by atoms with Gasteiger partial charge in [-0.3, -0.25) is 0 Å². The molecular formula is C8H7NO3. The highest BCUT2D eigenvalue weighted by Crippen LogP contribution is 2.00. The largest absolute Gasteiger partial charge is 0.470 e. The van der Waals surface area contributed by atoms with Crippen molar-refractivity contribution in [2.45, 2.75) is 6.61 Å². The highest BCUT2D eigenvalue weighted by Gasteiger charge is 1.99. The molecule has 1 rings (SSSR count). The van der Waals surface area contributed by atoms with Crippen molar-refractivity contribution < 1.29 is 9.53 Å². The van der Waals surface area contributed by atoms with Crippen LogP contribution in [0.4, 0.5) is 4.79 Å². The first-order valence-corrected chi connectivity index (χ1v) is 3.37. The van der Waals surface area contributed by atoms with Gasteiger partial charge in [-0.2, -0.15) is 0 Å². The third-order valence-corrected chi connectivity index (χ3v) is 1.28. The summed E-state index contributed by atoms with van der Waals surface area (Å²) < 4.78 is 4.46. The SMILES string of the molecule is O=NC(=O)OCc1ccccc1. The lowest BCUT2D eigenvalue weighted by atomic mass is 10.2. The zero-order valence-electron chi connectivity index (χ0n) is 6.27.